The van der Waals surface area contributed by atoms with Gasteiger partial charge in [-0.2, -0.15) is 0 Å². The number of allylic oxidation sites excluding steroid dienone is 6. The van der Waals surface area contributed by atoms with E-state index in [4.69, 9.17) is 0 Å². The molecule has 0 N–H and O–H groups in total. The van der Waals surface area contributed by atoms with Crippen LogP contribution in [0.1, 0.15) is 119 Å². The Morgan fingerprint density at radius 2 is 1.48 bits per heavy atom. The van der Waals surface area contributed by atoms with Gasteiger partial charge in [0.1, 0.15) is 0 Å². The Morgan fingerprint density at radius 1 is 0.714 bits per heavy atom. The molecule has 6 aromatic carbocycles. The minimum atomic E-state index is 0.0452. The Labute approximate surface area is 328 Å². The summed E-state index contributed by atoms with van der Waals surface area (Å²) in [5.41, 5.74) is 18.3. The number of hydrogen-bond donors (Lipinski definition) is 0. The number of benzene rings is 4. The van der Waals surface area contributed by atoms with Gasteiger partial charge in [0.2, 0.25) is 0 Å². The van der Waals surface area contributed by atoms with E-state index in [2.05, 4.69) is 74.4 Å². The van der Waals surface area contributed by atoms with Gasteiger partial charge in [0.15, 0.2) is 0 Å². The summed E-state index contributed by atoms with van der Waals surface area (Å²) in [5, 5.41) is 20.2. The van der Waals surface area contributed by atoms with Crippen LogP contribution in [0.15, 0.2) is 65.3 Å². The van der Waals surface area contributed by atoms with Crippen LogP contribution in [0, 0.1) is 35.0 Å². The molecule has 1 heterocycles. The van der Waals surface area contributed by atoms with E-state index in [-0.39, 0.29) is 10.8 Å². The van der Waals surface area contributed by atoms with Gasteiger partial charge in [0.25, 0.3) is 0 Å². The van der Waals surface area contributed by atoms with E-state index in [0.29, 0.717) is 47.5 Å². The third-order valence-electron chi connectivity index (χ3n) is 19.8. The molecule has 6 aromatic rings. The number of unbranched alkanes of at least 4 members (excludes halogenated alkanes) is 9. The van der Waals surface area contributed by atoms with Gasteiger partial charge in [-0.15, -0.1) is 0 Å². The van der Waals surface area contributed by atoms with Crippen LogP contribution in [0.5, 0.6) is 0 Å². The minimum absolute atomic E-state index is 0.0452. The number of likely N-dealkylation sites (N-methyl/N-ethyl adjacent to an activating group) is 1. The molecule has 0 bridgehead atoms. The average Bonchev–Trinajstić information content (AvgIpc) is 4.06. The highest BCUT2D eigenvalue weighted by molar-refractivity contribution is 6.47. The van der Waals surface area contributed by atoms with Gasteiger partial charge in [0, 0.05) is 47.1 Å². The number of hydrogen-bond acceptors (Lipinski definition) is 1. The smallest absolute Gasteiger partial charge is 0.0491 e. The van der Waals surface area contributed by atoms with Crippen LogP contribution in [0.2, 0.25) is 0 Å². The quantitative estimate of drug-likeness (QED) is 0.0731. The van der Waals surface area contributed by atoms with E-state index in [1.54, 1.807) is 81.0 Å². The largest absolute Gasteiger partial charge is 0.301 e. The molecule has 274 valence electrons. The first kappa shape index (κ1) is 29.3. The van der Waals surface area contributed by atoms with Gasteiger partial charge < -0.3 is 4.90 Å². The van der Waals surface area contributed by atoms with Gasteiger partial charge in [0.05, 0.1) is 0 Å². The Hall–Kier alpha value is -3.94. The second kappa shape index (κ2) is 8.73. The molecule has 17 rings (SSSR count). The van der Waals surface area contributed by atoms with E-state index in [9.17, 15) is 0 Å². The molecule has 0 radical (unpaired) electrons. The molecule has 10 aliphatic carbocycles. The highest BCUT2D eigenvalue weighted by atomic mass is 15.2. The molecule has 56 heavy (non-hydrogen) atoms. The van der Waals surface area contributed by atoms with E-state index < -0.39 is 0 Å². The first-order chi connectivity index (χ1) is 27.7. The third-order valence-corrected chi connectivity index (χ3v) is 19.8. The molecule has 10 atom stereocenters. The summed E-state index contributed by atoms with van der Waals surface area (Å²) in [4.78, 5) is 2.95. The Kier molecular flexibility index (Phi) is 4.57. The summed E-state index contributed by atoms with van der Waals surface area (Å²) in [6.07, 6.45) is 26.5. The molecule has 1 saturated heterocycles. The second-order valence-corrected chi connectivity index (χ2v) is 21.2. The van der Waals surface area contributed by atoms with Crippen LogP contribution in [0.25, 0.3) is 70.6 Å². The molecule has 2 spiro atoms. The lowest BCUT2D eigenvalue weighted by Gasteiger charge is -2.49. The predicted octanol–water partition coefficient (Wildman–Crippen LogP) is 11.5. The van der Waals surface area contributed by atoms with Crippen molar-refractivity contribution in [3.63, 3.8) is 0 Å². The SMILES string of the molecule is CCCCCCCCCCCCC1N(C)CC23C4=C5C6=C2C(C)C2=c7ccc8c9ccc%10c%11c%12c%13c(c4c4c(c7c8c(c4%13)c%119)C213)=C1C5C(C=C6)C2C=CC%10C%12C12. The molecular weight excluding hydrogens is 675 g/mol. The van der Waals surface area contributed by atoms with Gasteiger partial charge in [-0.3, -0.25) is 0 Å². The molecule has 11 aliphatic rings. The molecule has 1 aliphatic heterocycles. The summed E-state index contributed by atoms with van der Waals surface area (Å²) in [6, 6.07) is 11.0. The molecule has 1 nitrogen and oxygen atoms in total. The lowest BCUT2D eigenvalue weighted by atomic mass is 9.51. The van der Waals surface area contributed by atoms with Crippen molar-refractivity contribution in [3.05, 3.63) is 98.0 Å². The van der Waals surface area contributed by atoms with Gasteiger partial charge in [-0.25, -0.2) is 0 Å². The third kappa shape index (κ3) is 2.40. The Bertz CT molecular complexity index is 3250. The minimum Gasteiger partial charge on any atom is -0.301 e. The van der Waals surface area contributed by atoms with E-state index in [1.807, 2.05) is 39.0 Å². The topological polar surface area (TPSA) is 3.24 Å². The van der Waals surface area contributed by atoms with Crippen molar-refractivity contribution in [2.24, 2.45) is 35.0 Å². The molecule has 3 fully saturated rings. The van der Waals surface area contributed by atoms with Crippen molar-refractivity contribution in [1.82, 2.24) is 4.90 Å². The summed E-state index contributed by atoms with van der Waals surface area (Å²) in [7, 11) is 2.57. The van der Waals surface area contributed by atoms with Crippen molar-refractivity contribution in [1.29, 1.82) is 0 Å². The summed E-state index contributed by atoms with van der Waals surface area (Å²) in [5.74, 6) is 4.08. The Morgan fingerprint density at radius 3 is 2.32 bits per heavy atom. The first-order valence-electron chi connectivity index (χ1n) is 23.3. The van der Waals surface area contributed by atoms with Crippen LogP contribution in [-0.2, 0) is 5.41 Å². The van der Waals surface area contributed by atoms with E-state index in [0.717, 1.165) is 0 Å². The van der Waals surface area contributed by atoms with E-state index >= 15 is 0 Å². The van der Waals surface area contributed by atoms with Gasteiger partial charge in [-0.1, -0.05) is 127 Å². The van der Waals surface area contributed by atoms with Crippen molar-refractivity contribution in [2.75, 3.05) is 13.6 Å². The fourth-order valence-electron chi connectivity index (χ4n) is 18.9. The zero-order valence-electron chi connectivity index (χ0n) is 33.2. The van der Waals surface area contributed by atoms with Crippen molar-refractivity contribution < 1.29 is 0 Å². The summed E-state index contributed by atoms with van der Waals surface area (Å²) >= 11 is 0. The molecule has 10 unspecified atom stereocenters. The number of rotatable bonds is 11. The normalized spacial score (nSPS) is 36.9. The number of fused-ring (bicyclic) bond motifs is 3. The molecular formula is C55H49N. The highest BCUT2D eigenvalue weighted by Crippen LogP contribution is 2.84. The second-order valence-electron chi connectivity index (χ2n) is 21.2. The lowest BCUT2D eigenvalue weighted by Crippen LogP contribution is -2.49. The lowest BCUT2D eigenvalue weighted by molar-refractivity contribution is 0.252. The standard InChI is InChI=1S/C55H49N/c1-4-5-6-7-8-9-10-11-12-13-14-33-55-51-24(2)50-31-21-19-29-27-17-15-25-26-16-18-28-30-20-22-32(51)41-39(30)44-37(28)35(26)42-34(25)36(27)43-38(29)40(31)52(54(50,55)23-56(33)3)48-46(43)45(42)47(44)49(48)53(41)55/h15-22,24-25,27,29,33-34,36,38H,4-14,23H2,1-3H3. The monoisotopic (exact) mass is 723 g/mol. The van der Waals surface area contributed by atoms with Gasteiger partial charge in [-0.05, 0) is 151 Å². The first-order valence-corrected chi connectivity index (χ1v) is 23.3. The average molecular weight is 724 g/mol. The number of nitrogens with zero attached hydrogens (tertiary/aromatic N) is 1. The van der Waals surface area contributed by atoms with Crippen LogP contribution in [0.3, 0.4) is 0 Å². The summed E-state index contributed by atoms with van der Waals surface area (Å²) < 4.78 is 0. The molecule has 0 aromatic heterocycles. The van der Waals surface area contributed by atoms with Crippen LogP contribution in [0.4, 0.5) is 0 Å². The zero-order valence-corrected chi connectivity index (χ0v) is 33.2. The number of likely N-dealkylation sites (tertiary alicyclic amines) is 1. The molecule has 2 saturated carbocycles. The molecule has 0 amide bonds. The van der Waals surface area contributed by atoms with Crippen molar-refractivity contribution in [3.8, 4) is 0 Å². The van der Waals surface area contributed by atoms with Crippen LogP contribution < -0.4 is 10.4 Å². The fourth-order valence-corrected chi connectivity index (χ4v) is 18.9. The zero-order chi connectivity index (χ0) is 36.0. The maximum absolute atomic E-state index is 2.95. The van der Waals surface area contributed by atoms with Gasteiger partial charge >= 0.3 is 0 Å². The summed E-state index contributed by atoms with van der Waals surface area (Å²) in [6.45, 7) is 6.23. The van der Waals surface area contributed by atoms with Crippen LogP contribution >= 0.6 is 0 Å². The predicted molar refractivity (Wildman–Crippen MR) is 231 cm³/mol. The maximum Gasteiger partial charge on any atom is 0.0491 e. The fraction of sp³-hybridized carbons (Fsp3) is 0.455. The van der Waals surface area contributed by atoms with Crippen LogP contribution in [-0.4, -0.2) is 24.5 Å². The van der Waals surface area contributed by atoms with Crippen molar-refractivity contribution in [2.45, 2.75) is 108 Å². The Balaban J connectivity index is 0.994. The van der Waals surface area contributed by atoms with Crippen molar-refractivity contribution >= 4 is 70.6 Å². The maximum atomic E-state index is 2.95. The highest BCUT2D eigenvalue weighted by Gasteiger charge is 2.79. The molecule has 1 heteroatoms. The van der Waals surface area contributed by atoms with E-state index in [1.165, 1.54) is 77.2 Å².